The van der Waals surface area contributed by atoms with Gasteiger partial charge in [0.25, 0.3) is 0 Å². The van der Waals surface area contributed by atoms with Crippen LogP contribution in [0.2, 0.25) is 0 Å². The monoisotopic (exact) mass is 302 g/mol. The van der Waals surface area contributed by atoms with Crippen molar-refractivity contribution in [3.05, 3.63) is 36.0 Å². The molecular formula is C18H23ClN2. The first-order chi connectivity index (χ1) is 10.3. The van der Waals surface area contributed by atoms with Crippen molar-refractivity contribution < 1.29 is 0 Å². The Kier molecular flexibility index (Phi) is 4.64. The number of nitrogens with zero attached hydrogens (tertiary/aromatic N) is 2. The van der Waals surface area contributed by atoms with E-state index in [2.05, 4.69) is 42.3 Å². The summed E-state index contributed by atoms with van der Waals surface area (Å²) in [5.41, 5.74) is 0.959. The molecule has 1 aliphatic rings. The quantitative estimate of drug-likeness (QED) is 0.740. The average Bonchev–Trinajstić information content (AvgIpc) is 2.54. The van der Waals surface area contributed by atoms with Gasteiger partial charge in [0.05, 0.1) is 11.6 Å². The molecule has 2 aromatic rings. The highest BCUT2D eigenvalue weighted by Crippen LogP contribution is 2.29. The van der Waals surface area contributed by atoms with Crippen LogP contribution in [-0.4, -0.2) is 18.6 Å². The van der Waals surface area contributed by atoms with Gasteiger partial charge in [-0.25, -0.2) is 4.98 Å². The van der Waals surface area contributed by atoms with Crippen molar-refractivity contribution in [1.29, 1.82) is 0 Å². The van der Waals surface area contributed by atoms with Crippen LogP contribution in [0.25, 0.3) is 10.8 Å². The van der Waals surface area contributed by atoms with Gasteiger partial charge in [0.2, 0.25) is 0 Å². The van der Waals surface area contributed by atoms with Crippen molar-refractivity contribution in [2.24, 2.45) is 5.92 Å². The molecule has 0 atom stereocenters. The number of hydrogen-bond acceptors (Lipinski definition) is 2. The predicted molar refractivity (Wildman–Crippen MR) is 91.1 cm³/mol. The highest BCUT2D eigenvalue weighted by molar-refractivity contribution is 6.17. The van der Waals surface area contributed by atoms with E-state index in [1.807, 2.05) is 0 Å². The number of fused-ring (bicyclic) bond motifs is 1. The lowest BCUT2D eigenvalue weighted by Gasteiger charge is -2.28. The van der Waals surface area contributed by atoms with E-state index < -0.39 is 0 Å². The van der Waals surface area contributed by atoms with Crippen molar-refractivity contribution in [2.75, 3.05) is 18.5 Å². The third kappa shape index (κ3) is 3.32. The van der Waals surface area contributed by atoms with E-state index in [1.165, 1.54) is 42.9 Å². The summed E-state index contributed by atoms with van der Waals surface area (Å²) in [5, 5.41) is 2.46. The first-order valence-electron chi connectivity index (χ1n) is 7.93. The number of anilines is 1. The van der Waals surface area contributed by atoms with E-state index in [0.717, 1.165) is 24.0 Å². The first kappa shape index (κ1) is 14.6. The SMILES string of the molecule is CN(CC1CCCCC1)c1nc(CCl)cc2ccccc12. The number of benzene rings is 1. The molecule has 21 heavy (non-hydrogen) atoms. The molecule has 1 heterocycles. The lowest BCUT2D eigenvalue weighted by molar-refractivity contribution is 0.362. The third-order valence-electron chi connectivity index (χ3n) is 4.53. The summed E-state index contributed by atoms with van der Waals surface area (Å²) in [5.74, 6) is 2.35. The second kappa shape index (κ2) is 6.65. The number of aromatic nitrogens is 1. The normalized spacial score (nSPS) is 16.3. The number of halogens is 1. The maximum Gasteiger partial charge on any atom is 0.136 e. The van der Waals surface area contributed by atoms with Crippen LogP contribution >= 0.6 is 11.6 Å². The topological polar surface area (TPSA) is 16.1 Å². The lowest BCUT2D eigenvalue weighted by atomic mass is 9.89. The maximum absolute atomic E-state index is 6.01. The first-order valence-corrected chi connectivity index (χ1v) is 8.47. The molecule has 0 spiro atoms. The van der Waals surface area contributed by atoms with Gasteiger partial charge < -0.3 is 4.90 Å². The second-order valence-electron chi connectivity index (χ2n) is 6.18. The Balaban J connectivity index is 1.90. The van der Waals surface area contributed by atoms with Crippen molar-refractivity contribution in [3.8, 4) is 0 Å². The molecule has 1 aromatic carbocycles. The molecule has 2 nitrogen and oxygen atoms in total. The van der Waals surface area contributed by atoms with Crippen molar-refractivity contribution >= 4 is 28.2 Å². The van der Waals surface area contributed by atoms with Gasteiger partial charge in [-0.1, -0.05) is 43.5 Å². The molecule has 0 saturated heterocycles. The van der Waals surface area contributed by atoms with E-state index in [4.69, 9.17) is 16.6 Å². The fraction of sp³-hybridized carbons (Fsp3) is 0.500. The number of rotatable bonds is 4. The van der Waals surface area contributed by atoms with E-state index in [9.17, 15) is 0 Å². The Bertz CT molecular complexity index is 605. The van der Waals surface area contributed by atoms with E-state index in [0.29, 0.717) is 5.88 Å². The van der Waals surface area contributed by atoms with E-state index in [-0.39, 0.29) is 0 Å². The molecule has 3 heteroatoms. The molecule has 3 rings (SSSR count). The summed E-state index contributed by atoms with van der Waals surface area (Å²) < 4.78 is 0. The number of hydrogen-bond donors (Lipinski definition) is 0. The molecule has 0 bridgehead atoms. The molecule has 0 amide bonds. The lowest BCUT2D eigenvalue weighted by Crippen LogP contribution is -2.27. The minimum Gasteiger partial charge on any atom is -0.359 e. The van der Waals surface area contributed by atoms with Gasteiger partial charge in [-0.3, -0.25) is 0 Å². The Hall–Kier alpha value is -1.28. The molecular weight excluding hydrogens is 280 g/mol. The van der Waals surface area contributed by atoms with Crippen LogP contribution in [0.3, 0.4) is 0 Å². The van der Waals surface area contributed by atoms with Crippen molar-refractivity contribution in [3.63, 3.8) is 0 Å². The maximum atomic E-state index is 6.01. The Morgan fingerprint density at radius 3 is 2.71 bits per heavy atom. The standard InChI is InChI=1S/C18H23ClN2/c1-21(13-14-7-3-2-4-8-14)18-17-10-6-5-9-15(17)11-16(12-19)20-18/h5-6,9-11,14H,2-4,7-8,12-13H2,1H3. The third-order valence-corrected chi connectivity index (χ3v) is 4.80. The van der Waals surface area contributed by atoms with Gasteiger partial charge in [0.15, 0.2) is 0 Å². The van der Waals surface area contributed by atoms with Gasteiger partial charge in [0, 0.05) is 19.0 Å². The number of alkyl halides is 1. The van der Waals surface area contributed by atoms with Crippen LogP contribution in [0, 0.1) is 5.92 Å². The van der Waals surface area contributed by atoms with E-state index in [1.54, 1.807) is 0 Å². The van der Waals surface area contributed by atoms with Gasteiger partial charge in [-0.15, -0.1) is 11.6 Å². The van der Waals surface area contributed by atoms with Crippen LogP contribution in [0.15, 0.2) is 30.3 Å². The summed E-state index contributed by atoms with van der Waals surface area (Å²) in [7, 11) is 2.17. The highest BCUT2D eigenvalue weighted by atomic mass is 35.5. The Labute approximate surface area is 132 Å². The molecule has 1 aromatic heterocycles. The predicted octanol–water partition coefficient (Wildman–Crippen LogP) is 4.99. The largest absolute Gasteiger partial charge is 0.359 e. The zero-order valence-electron chi connectivity index (χ0n) is 12.7. The summed E-state index contributed by atoms with van der Waals surface area (Å²) >= 11 is 6.01. The van der Waals surface area contributed by atoms with Gasteiger partial charge in [-0.05, 0) is 30.2 Å². The molecule has 112 valence electrons. The molecule has 0 radical (unpaired) electrons. The van der Waals surface area contributed by atoms with Crippen molar-refractivity contribution in [1.82, 2.24) is 4.98 Å². The zero-order chi connectivity index (χ0) is 14.7. The van der Waals surface area contributed by atoms with Crippen molar-refractivity contribution in [2.45, 2.75) is 38.0 Å². The molecule has 1 aliphatic carbocycles. The minimum absolute atomic E-state index is 0.467. The van der Waals surface area contributed by atoms with E-state index >= 15 is 0 Å². The summed E-state index contributed by atoms with van der Waals surface area (Å²) in [6.45, 7) is 1.10. The summed E-state index contributed by atoms with van der Waals surface area (Å²) in [6, 6.07) is 10.6. The van der Waals surface area contributed by atoms with Gasteiger partial charge >= 0.3 is 0 Å². The molecule has 0 unspecified atom stereocenters. The van der Waals surface area contributed by atoms with Crippen LogP contribution in [-0.2, 0) is 5.88 Å². The van der Waals surface area contributed by atoms with Crippen LogP contribution in [0.5, 0.6) is 0 Å². The van der Waals surface area contributed by atoms with Crippen LogP contribution in [0.4, 0.5) is 5.82 Å². The Morgan fingerprint density at radius 2 is 1.95 bits per heavy atom. The molecule has 0 aliphatic heterocycles. The smallest absolute Gasteiger partial charge is 0.136 e. The highest BCUT2D eigenvalue weighted by Gasteiger charge is 2.17. The van der Waals surface area contributed by atoms with Crippen LogP contribution in [0.1, 0.15) is 37.8 Å². The average molecular weight is 303 g/mol. The van der Waals surface area contributed by atoms with Gasteiger partial charge in [-0.2, -0.15) is 0 Å². The summed E-state index contributed by atoms with van der Waals surface area (Å²) in [4.78, 5) is 7.11. The second-order valence-corrected chi connectivity index (χ2v) is 6.44. The fourth-order valence-corrected chi connectivity index (χ4v) is 3.57. The Morgan fingerprint density at radius 1 is 1.19 bits per heavy atom. The fourth-order valence-electron chi connectivity index (χ4n) is 3.44. The molecule has 0 N–H and O–H groups in total. The molecule has 1 saturated carbocycles. The van der Waals surface area contributed by atoms with Gasteiger partial charge in [0.1, 0.15) is 5.82 Å². The number of pyridine rings is 1. The molecule has 1 fully saturated rings. The zero-order valence-corrected chi connectivity index (χ0v) is 13.4. The van der Waals surface area contributed by atoms with Crippen LogP contribution < -0.4 is 4.90 Å². The minimum atomic E-state index is 0.467. The summed E-state index contributed by atoms with van der Waals surface area (Å²) in [6.07, 6.45) is 6.89.